The number of halogens is 1. The lowest BCUT2D eigenvalue weighted by atomic mass is 10.0. The number of carboxylic acids is 1. The summed E-state index contributed by atoms with van der Waals surface area (Å²) < 4.78 is 0. The summed E-state index contributed by atoms with van der Waals surface area (Å²) in [7, 11) is 0. The van der Waals surface area contributed by atoms with Crippen LogP contribution in [0.4, 0.5) is 10.5 Å². The molecule has 1 aromatic carbocycles. The number of rotatable bonds is 5. The number of nitrogens with one attached hydrogen (secondary N) is 2. The first kappa shape index (κ1) is 16.8. The van der Waals surface area contributed by atoms with Crippen LogP contribution >= 0.6 is 11.6 Å². The lowest BCUT2D eigenvalue weighted by Gasteiger charge is -2.19. The van der Waals surface area contributed by atoms with Gasteiger partial charge in [0.05, 0.1) is 11.3 Å². The van der Waals surface area contributed by atoms with Crippen LogP contribution in [0.3, 0.4) is 0 Å². The van der Waals surface area contributed by atoms with E-state index in [-0.39, 0.29) is 22.2 Å². The van der Waals surface area contributed by atoms with Crippen LogP contribution in [0.15, 0.2) is 18.2 Å². The summed E-state index contributed by atoms with van der Waals surface area (Å²) in [4.78, 5) is 34.1. The minimum absolute atomic E-state index is 0.0273. The summed E-state index contributed by atoms with van der Waals surface area (Å²) in [6.07, 6.45) is 0. The largest absolute Gasteiger partial charge is 0.478 e. The van der Waals surface area contributed by atoms with Crippen LogP contribution < -0.4 is 16.4 Å². The van der Waals surface area contributed by atoms with Gasteiger partial charge in [-0.2, -0.15) is 0 Å². The molecule has 114 valence electrons. The zero-order valence-electron chi connectivity index (χ0n) is 11.5. The van der Waals surface area contributed by atoms with E-state index in [1.807, 2.05) is 0 Å². The van der Waals surface area contributed by atoms with Crippen molar-refractivity contribution in [3.63, 3.8) is 0 Å². The van der Waals surface area contributed by atoms with E-state index >= 15 is 0 Å². The maximum Gasteiger partial charge on any atom is 0.337 e. The summed E-state index contributed by atoms with van der Waals surface area (Å²) in [5, 5.41) is 14.0. The van der Waals surface area contributed by atoms with Gasteiger partial charge in [0.1, 0.15) is 6.04 Å². The third kappa shape index (κ3) is 4.64. The van der Waals surface area contributed by atoms with Crippen molar-refractivity contribution in [2.75, 3.05) is 5.32 Å². The fourth-order valence-corrected chi connectivity index (χ4v) is 1.84. The Morgan fingerprint density at radius 2 is 1.90 bits per heavy atom. The molecule has 0 fully saturated rings. The fourth-order valence-electron chi connectivity index (χ4n) is 1.67. The van der Waals surface area contributed by atoms with Crippen molar-refractivity contribution in [3.8, 4) is 0 Å². The Bertz CT molecular complexity index is 575. The van der Waals surface area contributed by atoms with E-state index in [0.717, 1.165) is 0 Å². The standard InChI is InChI=1S/C13H16ClN3O4/c1-6(2)10(11(15)18)17-13(21)16-9-5-7(14)3-4-8(9)12(19)20/h3-6,10H,1-2H3,(H2,15,18)(H,19,20)(H2,16,17,21). The van der Waals surface area contributed by atoms with Crippen molar-refractivity contribution in [2.24, 2.45) is 11.7 Å². The molecule has 0 spiro atoms. The van der Waals surface area contributed by atoms with Crippen molar-refractivity contribution in [1.82, 2.24) is 5.32 Å². The molecule has 3 amide bonds. The number of nitrogens with two attached hydrogens (primary N) is 1. The average molecular weight is 314 g/mol. The highest BCUT2D eigenvalue weighted by Crippen LogP contribution is 2.21. The van der Waals surface area contributed by atoms with Gasteiger partial charge in [-0.05, 0) is 24.1 Å². The Balaban J connectivity index is 2.90. The molecule has 0 aliphatic rings. The number of primary amides is 1. The number of anilines is 1. The molecular formula is C13H16ClN3O4. The predicted octanol–water partition coefficient (Wildman–Crippen LogP) is 1.67. The average Bonchev–Trinajstić information content (AvgIpc) is 2.34. The number of carbonyl (C=O) groups excluding carboxylic acids is 2. The normalized spacial score (nSPS) is 11.8. The molecule has 1 rings (SSSR count). The third-order valence-corrected chi connectivity index (χ3v) is 2.96. The minimum atomic E-state index is -1.21. The second-order valence-corrected chi connectivity index (χ2v) is 5.15. The molecule has 7 nitrogen and oxygen atoms in total. The number of amides is 3. The zero-order valence-corrected chi connectivity index (χ0v) is 12.3. The molecule has 1 aromatic rings. The quantitative estimate of drug-likeness (QED) is 0.660. The molecule has 0 aliphatic carbocycles. The first-order chi connectivity index (χ1) is 9.72. The van der Waals surface area contributed by atoms with E-state index in [2.05, 4.69) is 10.6 Å². The molecule has 0 saturated carbocycles. The summed E-state index contributed by atoms with van der Waals surface area (Å²) >= 11 is 5.77. The fraction of sp³-hybridized carbons (Fsp3) is 0.308. The van der Waals surface area contributed by atoms with Gasteiger partial charge in [-0.3, -0.25) is 4.79 Å². The maximum atomic E-state index is 11.9. The van der Waals surface area contributed by atoms with Crippen molar-refractivity contribution in [3.05, 3.63) is 28.8 Å². The topological polar surface area (TPSA) is 122 Å². The van der Waals surface area contributed by atoms with Crippen LogP contribution in [0.2, 0.25) is 5.02 Å². The summed E-state index contributed by atoms with van der Waals surface area (Å²) in [5.41, 5.74) is 5.10. The molecule has 0 aromatic heterocycles. The van der Waals surface area contributed by atoms with Crippen LogP contribution in [0.1, 0.15) is 24.2 Å². The number of carboxylic acid groups (broad SMARTS) is 1. The van der Waals surface area contributed by atoms with Gasteiger partial charge in [-0.15, -0.1) is 0 Å². The van der Waals surface area contributed by atoms with Crippen LogP contribution in [0.5, 0.6) is 0 Å². The molecule has 0 aliphatic heterocycles. The first-order valence-electron chi connectivity index (χ1n) is 6.12. The molecular weight excluding hydrogens is 298 g/mol. The number of benzene rings is 1. The van der Waals surface area contributed by atoms with Gasteiger partial charge < -0.3 is 21.5 Å². The summed E-state index contributed by atoms with van der Waals surface area (Å²) in [5.74, 6) is -2.09. The van der Waals surface area contributed by atoms with Gasteiger partial charge in [0.2, 0.25) is 5.91 Å². The maximum absolute atomic E-state index is 11.9. The molecule has 1 unspecified atom stereocenters. The minimum Gasteiger partial charge on any atom is -0.478 e. The highest BCUT2D eigenvalue weighted by molar-refractivity contribution is 6.31. The van der Waals surface area contributed by atoms with Crippen LogP contribution in [0.25, 0.3) is 0 Å². The van der Waals surface area contributed by atoms with Crippen LogP contribution in [-0.4, -0.2) is 29.1 Å². The predicted molar refractivity (Wildman–Crippen MR) is 78.4 cm³/mol. The summed E-state index contributed by atoms with van der Waals surface area (Å²) in [6, 6.07) is 2.37. The lowest BCUT2D eigenvalue weighted by molar-refractivity contribution is -0.120. The third-order valence-electron chi connectivity index (χ3n) is 2.72. The molecule has 0 saturated heterocycles. The molecule has 5 N–H and O–H groups in total. The van der Waals surface area contributed by atoms with E-state index in [4.69, 9.17) is 22.4 Å². The number of aromatic carboxylic acids is 1. The van der Waals surface area contributed by atoms with Crippen LogP contribution in [-0.2, 0) is 4.79 Å². The molecule has 21 heavy (non-hydrogen) atoms. The van der Waals surface area contributed by atoms with Crippen molar-refractivity contribution in [2.45, 2.75) is 19.9 Å². The first-order valence-corrected chi connectivity index (χ1v) is 6.50. The number of hydrogen-bond donors (Lipinski definition) is 4. The van der Waals surface area contributed by atoms with Crippen LogP contribution in [0, 0.1) is 5.92 Å². The Morgan fingerprint density at radius 3 is 2.38 bits per heavy atom. The highest BCUT2D eigenvalue weighted by atomic mass is 35.5. The van der Waals surface area contributed by atoms with Gasteiger partial charge in [0, 0.05) is 5.02 Å². The number of carbonyl (C=O) groups is 3. The Morgan fingerprint density at radius 1 is 1.29 bits per heavy atom. The highest BCUT2D eigenvalue weighted by Gasteiger charge is 2.22. The molecule has 1 atom stereocenters. The lowest BCUT2D eigenvalue weighted by Crippen LogP contribution is -2.49. The Labute approximate surface area is 126 Å². The van der Waals surface area contributed by atoms with E-state index < -0.39 is 23.9 Å². The van der Waals surface area contributed by atoms with E-state index in [1.54, 1.807) is 13.8 Å². The van der Waals surface area contributed by atoms with Crippen molar-refractivity contribution < 1.29 is 19.5 Å². The van der Waals surface area contributed by atoms with E-state index in [1.165, 1.54) is 18.2 Å². The summed E-state index contributed by atoms with van der Waals surface area (Å²) in [6.45, 7) is 3.44. The second-order valence-electron chi connectivity index (χ2n) is 4.72. The molecule has 0 radical (unpaired) electrons. The monoisotopic (exact) mass is 313 g/mol. The van der Waals surface area contributed by atoms with Gasteiger partial charge in [0.25, 0.3) is 0 Å². The van der Waals surface area contributed by atoms with Gasteiger partial charge in [-0.1, -0.05) is 25.4 Å². The molecule has 8 heteroatoms. The Hall–Kier alpha value is -2.28. The van der Waals surface area contributed by atoms with E-state index in [9.17, 15) is 14.4 Å². The van der Waals surface area contributed by atoms with E-state index in [0.29, 0.717) is 0 Å². The van der Waals surface area contributed by atoms with Gasteiger partial charge in [-0.25, -0.2) is 9.59 Å². The second kappa shape index (κ2) is 6.94. The van der Waals surface area contributed by atoms with Crippen molar-refractivity contribution >= 4 is 35.2 Å². The zero-order chi connectivity index (χ0) is 16.2. The molecule has 0 bridgehead atoms. The smallest absolute Gasteiger partial charge is 0.337 e. The van der Waals surface area contributed by atoms with Crippen molar-refractivity contribution in [1.29, 1.82) is 0 Å². The Kier molecular flexibility index (Phi) is 5.54. The number of hydrogen-bond acceptors (Lipinski definition) is 3. The van der Waals surface area contributed by atoms with Gasteiger partial charge >= 0.3 is 12.0 Å². The SMILES string of the molecule is CC(C)C(NC(=O)Nc1cc(Cl)ccc1C(=O)O)C(N)=O. The van der Waals surface area contributed by atoms with Gasteiger partial charge in [0.15, 0.2) is 0 Å². The number of urea groups is 1. The molecule has 0 heterocycles.